The van der Waals surface area contributed by atoms with Crippen LogP contribution in [0.25, 0.3) is 0 Å². The van der Waals surface area contributed by atoms with Gasteiger partial charge in [0.05, 0.1) is 11.3 Å². The average Bonchev–Trinajstić information content (AvgIpc) is 2.87. The zero-order valence-electron chi connectivity index (χ0n) is 10.3. The highest BCUT2D eigenvalue weighted by molar-refractivity contribution is 5.74. The van der Waals surface area contributed by atoms with Crippen molar-refractivity contribution < 1.29 is 4.92 Å². The number of hydrogen-bond donors (Lipinski definition) is 2. The lowest BCUT2D eigenvalue weighted by Gasteiger charge is -2.08. The van der Waals surface area contributed by atoms with Crippen LogP contribution in [0, 0.1) is 10.1 Å². The first-order chi connectivity index (χ1) is 9.18. The number of hydrogen-bond acceptors (Lipinski definition) is 5. The van der Waals surface area contributed by atoms with Crippen molar-refractivity contribution in [1.82, 2.24) is 9.55 Å². The first-order valence-corrected chi connectivity index (χ1v) is 5.91. The number of nitro groups is 1. The second-order valence-electron chi connectivity index (χ2n) is 4.08. The molecule has 0 amide bonds. The zero-order chi connectivity index (χ0) is 13.7. The van der Waals surface area contributed by atoms with Crippen molar-refractivity contribution in [2.24, 2.45) is 0 Å². The molecule has 0 aliphatic heterocycles. The van der Waals surface area contributed by atoms with E-state index in [9.17, 15) is 10.1 Å². The van der Waals surface area contributed by atoms with Crippen molar-refractivity contribution >= 4 is 17.1 Å². The molecule has 0 fully saturated rings. The molecule has 0 spiro atoms. The molecule has 0 unspecified atom stereocenters. The van der Waals surface area contributed by atoms with Crippen LogP contribution in [0.1, 0.15) is 6.42 Å². The van der Waals surface area contributed by atoms with Gasteiger partial charge in [-0.25, -0.2) is 4.98 Å². The van der Waals surface area contributed by atoms with E-state index in [0.29, 0.717) is 12.2 Å². The summed E-state index contributed by atoms with van der Waals surface area (Å²) in [5.41, 5.74) is 6.17. The number of rotatable bonds is 6. The summed E-state index contributed by atoms with van der Waals surface area (Å²) in [6.45, 7) is 1.44. The van der Waals surface area contributed by atoms with Crippen molar-refractivity contribution in [1.29, 1.82) is 0 Å². The fraction of sp³-hybridized carbons (Fsp3) is 0.250. The summed E-state index contributed by atoms with van der Waals surface area (Å²) in [5.74, 6) is 0. The summed E-state index contributed by atoms with van der Waals surface area (Å²) in [6, 6.07) is 4.88. The normalized spacial score (nSPS) is 10.3. The highest BCUT2D eigenvalue weighted by Gasteiger charge is 2.16. The van der Waals surface area contributed by atoms with Gasteiger partial charge in [0, 0.05) is 25.5 Å². The van der Waals surface area contributed by atoms with Crippen LogP contribution < -0.4 is 11.1 Å². The van der Waals surface area contributed by atoms with Crippen LogP contribution in [0.4, 0.5) is 17.1 Å². The number of benzene rings is 1. The maximum absolute atomic E-state index is 10.9. The van der Waals surface area contributed by atoms with Gasteiger partial charge in [-0.15, -0.1) is 0 Å². The predicted octanol–water partition coefficient (Wildman–Crippen LogP) is 1.88. The van der Waals surface area contributed by atoms with Crippen molar-refractivity contribution in [2.75, 3.05) is 17.6 Å². The third-order valence-electron chi connectivity index (χ3n) is 2.72. The summed E-state index contributed by atoms with van der Waals surface area (Å²) in [4.78, 5) is 14.4. The van der Waals surface area contributed by atoms with Crippen LogP contribution in [0.5, 0.6) is 0 Å². The fourth-order valence-corrected chi connectivity index (χ4v) is 1.81. The Morgan fingerprint density at radius 1 is 1.47 bits per heavy atom. The van der Waals surface area contributed by atoms with E-state index in [2.05, 4.69) is 10.3 Å². The number of para-hydroxylation sites is 1. The molecule has 2 rings (SSSR count). The van der Waals surface area contributed by atoms with Crippen LogP contribution in [0.15, 0.2) is 36.9 Å². The summed E-state index contributed by atoms with van der Waals surface area (Å²) in [5, 5.41) is 14.0. The number of nitro benzene ring substituents is 1. The van der Waals surface area contributed by atoms with E-state index < -0.39 is 4.92 Å². The van der Waals surface area contributed by atoms with E-state index in [0.717, 1.165) is 13.0 Å². The Morgan fingerprint density at radius 2 is 2.32 bits per heavy atom. The fourth-order valence-electron chi connectivity index (χ4n) is 1.81. The maximum Gasteiger partial charge on any atom is 0.314 e. The largest absolute Gasteiger partial charge is 0.393 e. The molecule has 0 aliphatic rings. The summed E-state index contributed by atoms with van der Waals surface area (Å²) >= 11 is 0. The van der Waals surface area contributed by atoms with Gasteiger partial charge in [-0.2, -0.15) is 0 Å². The van der Waals surface area contributed by atoms with Crippen molar-refractivity contribution in [3.05, 3.63) is 47.0 Å². The molecule has 0 aliphatic carbocycles. The number of nitrogen functional groups attached to an aromatic ring is 1. The van der Waals surface area contributed by atoms with E-state index >= 15 is 0 Å². The van der Waals surface area contributed by atoms with Crippen molar-refractivity contribution in [3.8, 4) is 0 Å². The van der Waals surface area contributed by atoms with E-state index in [1.165, 1.54) is 6.07 Å². The third-order valence-corrected chi connectivity index (χ3v) is 2.72. The lowest BCUT2D eigenvalue weighted by atomic mass is 10.2. The molecule has 7 heteroatoms. The summed E-state index contributed by atoms with van der Waals surface area (Å²) in [7, 11) is 0. The molecular weight excluding hydrogens is 246 g/mol. The lowest BCUT2D eigenvalue weighted by molar-refractivity contribution is -0.383. The zero-order valence-corrected chi connectivity index (χ0v) is 10.3. The van der Waals surface area contributed by atoms with Crippen LogP contribution in [-0.4, -0.2) is 21.0 Å². The number of nitrogens with two attached hydrogens (primary N) is 1. The second-order valence-corrected chi connectivity index (χ2v) is 4.08. The maximum atomic E-state index is 10.9. The summed E-state index contributed by atoms with van der Waals surface area (Å²) < 4.78 is 1.95. The smallest absolute Gasteiger partial charge is 0.314 e. The molecule has 2 aromatic rings. The van der Waals surface area contributed by atoms with Gasteiger partial charge in [0.25, 0.3) is 0 Å². The number of anilines is 2. The molecule has 7 nitrogen and oxygen atoms in total. The first kappa shape index (κ1) is 12.9. The molecule has 1 aromatic heterocycles. The predicted molar refractivity (Wildman–Crippen MR) is 72.8 cm³/mol. The lowest BCUT2D eigenvalue weighted by Crippen LogP contribution is -2.08. The molecule has 1 heterocycles. The molecule has 0 saturated carbocycles. The van der Waals surface area contributed by atoms with E-state index in [1.54, 1.807) is 24.7 Å². The highest BCUT2D eigenvalue weighted by Crippen LogP contribution is 2.30. The average molecular weight is 261 g/mol. The second kappa shape index (κ2) is 5.85. The Hall–Kier alpha value is -2.57. The van der Waals surface area contributed by atoms with Crippen molar-refractivity contribution in [2.45, 2.75) is 13.0 Å². The quantitative estimate of drug-likeness (QED) is 0.358. The minimum absolute atomic E-state index is 0.0647. The topological polar surface area (TPSA) is 99.0 Å². The van der Waals surface area contributed by atoms with Gasteiger partial charge < -0.3 is 15.6 Å². The summed E-state index contributed by atoms with van der Waals surface area (Å²) in [6.07, 6.45) is 6.17. The van der Waals surface area contributed by atoms with Gasteiger partial charge in [0.2, 0.25) is 0 Å². The van der Waals surface area contributed by atoms with Crippen LogP contribution >= 0.6 is 0 Å². The minimum atomic E-state index is -0.465. The Kier molecular flexibility index (Phi) is 3.97. The molecule has 0 radical (unpaired) electrons. The molecule has 0 bridgehead atoms. The Morgan fingerprint density at radius 3 is 3.00 bits per heavy atom. The van der Waals surface area contributed by atoms with E-state index in [1.807, 2.05) is 10.8 Å². The van der Waals surface area contributed by atoms with Gasteiger partial charge >= 0.3 is 5.69 Å². The third kappa shape index (κ3) is 3.21. The Balaban J connectivity index is 1.92. The number of aryl methyl sites for hydroxylation is 1. The van der Waals surface area contributed by atoms with Gasteiger partial charge in [-0.1, -0.05) is 6.07 Å². The number of nitrogens with zero attached hydrogens (tertiary/aromatic N) is 3. The molecular formula is C12H15N5O2. The van der Waals surface area contributed by atoms with Gasteiger partial charge in [-0.3, -0.25) is 10.1 Å². The van der Waals surface area contributed by atoms with Crippen molar-refractivity contribution in [3.63, 3.8) is 0 Å². The van der Waals surface area contributed by atoms with Crippen LogP contribution in [-0.2, 0) is 6.54 Å². The number of aromatic nitrogens is 2. The monoisotopic (exact) mass is 261 g/mol. The Labute approximate surface area is 110 Å². The molecule has 19 heavy (non-hydrogen) atoms. The van der Waals surface area contributed by atoms with E-state index in [4.69, 9.17) is 5.73 Å². The Bertz CT molecular complexity index is 553. The standard InChI is InChI=1S/C12H15N5O2/c13-10-3-1-4-11(12(10)17(18)19)15-5-2-7-16-8-6-14-9-16/h1,3-4,6,8-9,15H,2,5,7,13H2. The molecule has 1 aromatic carbocycles. The van der Waals surface area contributed by atoms with Gasteiger partial charge in [-0.05, 0) is 18.6 Å². The number of nitrogens with one attached hydrogen (secondary N) is 1. The first-order valence-electron chi connectivity index (χ1n) is 5.91. The number of imidazole rings is 1. The van der Waals surface area contributed by atoms with Crippen LogP contribution in [0.3, 0.4) is 0 Å². The SMILES string of the molecule is Nc1cccc(NCCCn2ccnc2)c1[N+](=O)[O-]. The van der Waals surface area contributed by atoms with E-state index in [-0.39, 0.29) is 11.4 Å². The van der Waals surface area contributed by atoms with Crippen LogP contribution in [0.2, 0.25) is 0 Å². The molecule has 100 valence electrons. The molecule has 0 atom stereocenters. The van der Waals surface area contributed by atoms with Gasteiger partial charge in [0.15, 0.2) is 0 Å². The highest BCUT2D eigenvalue weighted by atomic mass is 16.6. The molecule has 0 saturated heterocycles. The molecule has 3 N–H and O–H groups in total. The van der Waals surface area contributed by atoms with Gasteiger partial charge in [0.1, 0.15) is 11.4 Å². The minimum Gasteiger partial charge on any atom is -0.393 e.